The lowest BCUT2D eigenvalue weighted by Crippen LogP contribution is -2.58. The topological polar surface area (TPSA) is 179 Å². The molecule has 0 saturated carbocycles. The maximum absolute atomic E-state index is 13.0. The van der Waals surface area contributed by atoms with Crippen molar-refractivity contribution in [2.45, 2.75) is 37.0 Å². The lowest BCUT2D eigenvalue weighted by atomic mass is 10.1. The number of aliphatic hydroxyl groups excluding tert-OH is 2. The van der Waals surface area contributed by atoms with E-state index < -0.39 is 55.1 Å². The molecule has 2 aliphatic heterocycles. The van der Waals surface area contributed by atoms with Crippen molar-refractivity contribution in [3.8, 4) is 0 Å². The second kappa shape index (κ2) is 9.35. The van der Waals surface area contributed by atoms with Gasteiger partial charge in [-0.2, -0.15) is 0 Å². The molecule has 7 N–H and O–H groups in total. The summed E-state index contributed by atoms with van der Waals surface area (Å²) in [6, 6.07) is -3.90. The molecule has 2 saturated heterocycles. The molecule has 0 aromatic carbocycles. The summed E-state index contributed by atoms with van der Waals surface area (Å²) in [6.07, 6.45) is 1.06. The lowest BCUT2D eigenvalue weighted by Gasteiger charge is -2.31. The predicted molar refractivity (Wildman–Crippen MR) is 96.0 cm³/mol. The van der Waals surface area contributed by atoms with E-state index in [0.29, 0.717) is 25.1 Å². The number of nitrogens with one attached hydrogen (secondary N) is 1. The van der Waals surface area contributed by atoms with Crippen LogP contribution in [0.25, 0.3) is 0 Å². The highest BCUT2D eigenvalue weighted by molar-refractivity contribution is 7.99. The van der Waals surface area contributed by atoms with Crippen molar-refractivity contribution in [2.75, 3.05) is 31.4 Å². The summed E-state index contributed by atoms with van der Waals surface area (Å²) in [5.41, 5.74) is 10.7. The van der Waals surface area contributed by atoms with Gasteiger partial charge < -0.3 is 36.8 Å². The molecule has 0 aromatic rings. The molecule has 4 atom stereocenters. The van der Waals surface area contributed by atoms with E-state index in [1.165, 1.54) is 21.6 Å². The van der Waals surface area contributed by atoms with E-state index in [4.69, 9.17) is 21.7 Å². The number of thioether (sulfide) groups is 1. The Morgan fingerprint density at radius 3 is 2.44 bits per heavy atom. The summed E-state index contributed by atoms with van der Waals surface area (Å²) >= 11 is 1.37. The average molecular weight is 403 g/mol. The molecule has 2 rings (SSSR count). The number of hydrogen-bond donors (Lipinski definition) is 5. The molecule has 152 valence electrons. The van der Waals surface area contributed by atoms with Crippen molar-refractivity contribution in [1.29, 1.82) is 0 Å². The largest absolute Gasteiger partial charge is 0.394 e. The summed E-state index contributed by atoms with van der Waals surface area (Å²) in [5.74, 6) is -1.76. The van der Waals surface area contributed by atoms with Gasteiger partial charge in [-0.1, -0.05) is 0 Å². The quantitative estimate of drug-likeness (QED) is 0.287. The van der Waals surface area contributed by atoms with Gasteiger partial charge in [0.25, 0.3) is 0 Å². The van der Waals surface area contributed by atoms with Crippen molar-refractivity contribution in [2.24, 2.45) is 11.5 Å². The molecule has 2 fully saturated rings. The van der Waals surface area contributed by atoms with Crippen LogP contribution < -0.4 is 16.8 Å². The van der Waals surface area contributed by atoms with Gasteiger partial charge in [-0.15, -0.1) is 11.8 Å². The fraction of sp³-hybridized carbons (Fsp3) is 0.733. The van der Waals surface area contributed by atoms with Crippen LogP contribution in [0.15, 0.2) is 0 Å². The van der Waals surface area contributed by atoms with Gasteiger partial charge >= 0.3 is 0 Å². The molecule has 0 aromatic heterocycles. The fourth-order valence-corrected chi connectivity index (χ4v) is 4.29. The molecule has 12 heteroatoms. The van der Waals surface area contributed by atoms with Gasteiger partial charge in [-0.3, -0.25) is 19.2 Å². The highest BCUT2D eigenvalue weighted by atomic mass is 32.2. The van der Waals surface area contributed by atoms with Crippen LogP contribution >= 0.6 is 11.8 Å². The van der Waals surface area contributed by atoms with Gasteiger partial charge in [0.2, 0.25) is 23.6 Å². The molecule has 0 unspecified atom stereocenters. The Balaban J connectivity index is 2.09. The predicted octanol–water partition coefficient (Wildman–Crippen LogP) is -3.84. The molecule has 2 heterocycles. The first-order chi connectivity index (χ1) is 12.8. The number of primary amides is 1. The van der Waals surface area contributed by atoms with E-state index >= 15 is 0 Å². The van der Waals surface area contributed by atoms with Gasteiger partial charge in [-0.25, -0.2) is 0 Å². The van der Waals surface area contributed by atoms with Crippen molar-refractivity contribution in [1.82, 2.24) is 15.1 Å². The molecule has 4 amide bonds. The number of amides is 4. The summed E-state index contributed by atoms with van der Waals surface area (Å²) in [5, 5.41) is 20.6. The fourth-order valence-electron chi connectivity index (χ4n) is 3.12. The van der Waals surface area contributed by atoms with E-state index in [0.717, 1.165) is 0 Å². The molecule has 0 aliphatic carbocycles. The van der Waals surface area contributed by atoms with Crippen LogP contribution in [0, 0.1) is 0 Å². The van der Waals surface area contributed by atoms with Crippen molar-refractivity contribution in [3.05, 3.63) is 0 Å². The van der Waals surface area contributed by atoms with Gasteiger partial charge in [0, 0.05) is 12.3 Å². The Kier molecular flexibility index (Phi) is 7.41. The third kappa shape index (κ3) is 4.69. The summed E-state index contributed by atoms with van der Waals surface area (Å²) in [6.45, 7) is -0.801. The van der Waals surface area contributed by atoms with Gasteiger partial charge in [0.15, 0.2) is 0 Å². The summed E-state index contributed by atoms with van der Waals surface area (Å²) in [4.78, 5) is 51.6. The van der Waals surface area contributed by atoms with E-state index in [9.17, 15) is 19.2 Å². The van der Waals surface area contributed by atoms with Gasteiger partial charge in [-0.05, 0) is 12.8 Å². The van der Waals surface area contributed by atoms with E-state index in [2.05, 4.69) is 5.32 Å². The van der Waals surface area contributed by atoms with Crippen molar-refractivity contribution < 1.29 is 29.4 Å². The standard InChI is InChI=1S/C15H25N5O6S/c16-8(4-21)14(25)19-3-1-2-10(19)15(26)20-7-27-6-11(20)13(24)18-9(5-22)12(17)23/h8-11,21-22H,1-7,16H2,(H2,17,23)(H,18,24)/t8-,9-,10-,11-/m0/s1. The third-order valence-corrected chi connectivity index (χ3v) is 5.66. The first kappa shape index (κ1) is 21.4. The maximum atomic E-state index is 13.0. The monoisotopic (exact) mass is 403 g/mol. The van der Waals surface area contributed by atoms with E-state index in [1.807, 2.05) is 0 Å². The van der Waals surface area contributed by atoms with Crippen LogP contribution in [0.1, 0.15) is 12.8 Å². The Morgan fingerprint density at radius 1 is 1.15 bits per heavy atom. The molecule has 27 heavy (non-hydrogen) atoms. The Morgan fingerprint density at radius 2 is 1.85 bits per heavy atom. The number of rotatable bonds is 7. The second-order valence-electron chi connectivity index (χ2n) is 6.45. The number of nitrogens with zero attached hydrogens (tertiary/aromatic N) is 2. The molecular weight excluding hydrogens is 378 g/mol. The van der Waals surface area contributed by atoms with E-state index in [-0.39, 0.29) is 11.8 Å². The highest BCUT2D eigenvalue weighted by Gasteiger charge is 2.43. The van der Waals surface area contributed by atoms with Crippen LogP contribution in [0.3, 0.4) is 0 Å². The zero-order valence-electron chi connectivity index (χ0n) is 14.7. The van der Waals surface area contributed by atoms with Crippen LogP contribution in [0.5, 0.6) is 0 Å². The Labute approximate surface area is 160 Å². The molecule has 0 spiro atoms. The van der Waals surface area contributed by atoms with Crippen LogP contribution in [-0.4, -0.2) is 99.2 Å². The second-order valence-corrected chi connectivity index (χ2v) is 7.45. The zero-order chi connectivity index (χ0) is 20.1. The minimum Gasteiger partial charge on any atom is -0.394 e. The van der Waals surface area contributed by atoms with Gasteiger partial charge in [0.05, 0.1) is 19.1 Å². The number of carbonyl (C=O) groups excluding carboxylic acids is 4. The highest BCUT2D eigenvalue weighted by Crippen LogP contribution is 2.27. The molecule has 0 bridgehead atoms. The normalized spacial score (nSPS) is 24.6. The first-order valence-corrected chi connectivity index (χ1v) is 9.73. The number of hydrogen-bond acceptors (Lipinski definition) is 8. The minimum atomic E-state index is -1.23. The van der Waals surface area contributed by atoms with Crippen molar-refractivity contribution >= 4 is 35.4 Å². The van der Waals surface area contributed by atoms with Crippen LogP contribution in [0.2, 0.25) is 0 Å². The average Bonchev–Trinajstić information content (AvgIpc) is 3.33. The maximum Gasteiger partial charge on any atom is 0.246 e. The summed E-state index contributed by atoms with van der Waals surface area (Å²) in [7, 11) is 0. The number of aliphatic hydroxyl groups is 2. The SMILES string of the molecule is NC(=O)[C@H](CO)NC(=O)[C@@H]1CSCN1C(=O)[C@@H]1CCCN1C(=O)[C@@H](N)CO. The number of likely N-dealkylation sites (tertiary alicyclic amines) is 1. The summed E-state index contributed by atoms with van der Waals surface area (Å²) < 4.78 is 0. The third-order valence-electron chi connectivity index (χ3n) is 4.65. The Hall–Kier alpha value is -1.89. The van der Waals surface area contributed by atoms with Crippen molar-refractivity contribution in [3.63, 3.8) is 0 Å². The van der Waals surface area contributed by atoms with E-state index in [1.54, 1.807) is 0 Å². The first-order valence-electron chi connectivity index (χ1n) is 8.57. The number of nitrogens with two attached hydrogens (primary N) is 2. The molecule has 2 aliphatic rings. The smallest absolute Gasteiger partial charge is 0.246 e. The molecule has 0 radical (unpaired) electrons. The Bertz CT molecular complexity index is 605. The minimum absolute atomic E-state index is 0.266. The van der Waals surface area contributed by atoms with Crippen LogP contribution in [0.4, 0.5) is 0 Å². The molecule has 11 nitrogen and oxygen atoms in total. The lowest BCUT2D eigenvalue weighted by molar-refractivity contribution is -0.147. The number of carbonyl (C=O) groups is 4. The zero-order valence-corrected chi connectivity index (χ0v) is 15.6. The molecular formula is C15H25N5O6S. The van der Waals surface area contributed by atoms with Gasteiger partial charge in [0.1, 0.15) is 24.2 Å². The van der Waals surface area contributed by atoms with Crippen LogP contribution in [-0.2, 0) is 19.2 Å².